The first-order chi connectivity index (χ1) is 2.50. The Kier molecular flexibility index (Phi) is 3.27. The van der Waals surface area contributed by atoms with Crippen LogP contribution in [0.15, 0.2) is 0 Å². The van der Waals surface area contributed by atoms with Crippen molar-refractivity contribution in [1.29, 1.82) is 0 Å². The monoisotopic (exact) mass is 85.1 g/mol. The minimum atomic E-state index is 0. The zero-order valence-electron chi connectivity index (χ0n) is 3.03. The Morgan fingerprint density at radius 3 is 2.67 bits per heavy atom. The van der Waals surface area contributed by atoms with Gasteiger partial charge >= 0.3 is 0 Å². The number of hydrogen-bond acceptors (Lipinski definition) is 2. The molecule has 1 fully saturated rings. The van der Waals surface area contributed by atoms with Gasteiger partial charge in [-0.2, -0.15) is 0 Å². The second kappa shape index (κ2) is 3.25. The van der Waals surface area contributed by atoms with Crippen molar-refractivity contribution >= 4 is 15.8 Å². The lowest BCUT2D eigenvalue weighted by atomic mass is 9.94. The van der Waals surface area contributed by atoms with E-state index < -0.39 is 0 Å². The minimum absolute atomic E-state index is 0. The molecule has 1 aliphatic heterocycles. The summed E-state index contributed by atoms with van der Waals surface area (Å²) in [7, 11) is 1.03. The highest BCUT2D eigenvalue weighted by Crippen LogP contribution is 1.82. The Hall–Kier alpha value is 0.0499. The largest absolute Gasteiger partial charge is 0.314 e. The number of hydrogen-bond donors (Lipinski definition) is 1. The molecule has 1 saturated heterocycles. The van der Waals surface area contributed by atoms with E-state index >= 15 is 0 Å². The van der Waals surface area contributed by atoms with Crippen LogP contribution in [-0.2, 0) is 4.84 Å². The van der Waals surface area contributed by atoms with Gasteiger partial charge in [0.25, 0.3) is 0 Å². The summed E-state index contributed by atoms with van der Waals surface area (Å²) in [6.45, 7) is 0.889. The molecule has 0 aromatic rings. The van der Waals surface area contributed by atoms with E-state index in [9.17, 15) is 0 Å². The van der Waals surface area contributed by atoms with Crippen LogP contribution in [-0.4, -0.2) is 22.4 Å². The van der Waals surface area contributed by atoms with Crippen LogP contribution < -0.4 is 5.39 Å². The van der Waals surface area contributed by atoms with E-state index in [2.05, 4.69) is 5.39 Å². The fraction of sp³-hybridized carbons (Fsp3) is 1.00. The average Bonchev–Trinajstić information content (AvgIpc) is 1.76. The molecule has 0 aromatic carbocycles. The van der Waals surface area contributed by atoms with E-state index in [0.717, 1.165) is 14.0 Å². The smallest absolute Gasteiger partial charge is 0.236 e. The predicted molar refractivity (Wildman–Crippen MR) is 31.0 cm³/mol. The van der Waals surface area contributed by atoms with Gasteiger partial charge in [-0.1, -0.05) is 0 Å². The van der Waals surface area contributed by atoms with Gasteiger partial charge in [-0.3, -0.25) is 0 Å². The molecule has 1 rings (SSSR count). The Morgan fingerprint density at radius 2 is 2.50 bits per heavy atom. The maximum absolute atomic E-state index is 4.69. The molecule has 34 valence electrons. The number of nitrogens with one attached hydrogen (secondary N) is 1. The highest BCUT2D eigenvalue weighted by molar-refractivity contribution is 6.32. The van der Waals surface area contributed by atoms with E-state index in [1.165, 1.54) is 6.32 Å². The zero-order chi connectivity index (χ0) is 3.54. The molecule has 0 bridgehead atoms. The van der Waals surface area contributed by atoms with Crippen molar-refractivity contribution in [3.8, 4) is 0 Å². The van der Waals surface area contributed by atoms with E-state index in [1.54, 1.807) is 0 Å². The summed E-state index contributed by atoms with van der Waals surface area (Å²) in [4.78, 5) is 4.69. The zero-order valence-corrected chi connectivity index (χ0v) is 3.03. The molecule has 6 heavy (non-hydrogen) atoms. The second-order valence-corrected chi connectivity index (χ2v) is 1.10. The summed E-state index contributed by atoms with van der Waals surface area (Å²) < 4.78 is 0. The molecule has 1 N–H and O–H groups in total. The molecule has 1 heterocycles. The lowest BCUT2D eigenvalue weighted by Gasteiger charge is -1.80. The molecule has 0 spiro atoms. The van der Waals surface area contributed by atoms with E-state index in [1.807, 2.05) is 0 Å². The lowest BCUT2D eigenvalue weighted by Crippen LogP contribution is -2.05. The summed E-state index contributed by atoms with van der Waals surface area (Å²) >= 11 is 0. The average molecular weight is 84.7 g/mol. The first kappa shape index (κ1) is 6.05. The fourth-order valence-electron chi connectivity index (χ4n) is 0.361. The van der Waals surface area contributed by atoms with Crippen LogP contribution in [0, 0.1) is 0 Å². The summed E-state index contributed by atoms with van der Waals surface area (Å²) in [6, 6.07) is 0. The molecular formula is C2H9B2NO. The molecular weight excluding hydrogens is 75.7 g/mol. The molecule has 0 aromatic heterocycles. The molecule has 0 saturated carbocycles. The van der Waals surface area contributed by atoms with Crippen molar-refractivity contribution in [2.75, 3.05) is 6.61 Å². The van der Waals surface area contributed by atoms with Gasteiger partial charge in [-0.15, -0.1) is 0 Å². The van der Waals surface area contributed by atoms with Gasteiger partial charge in [-0.05, 0) is 6.32 Å². The SMILES string of the molecule is B.B1CCON1. The Bertz CT molecular complexity index is 23.1. The Morgan fingerprint density at radius 1 is 1.67 bits per heavy atom. The van der Waals surface area contributed by atoms with Gasteiger partial charge in [0.05, 0.1) is 15.0 Å². The predicted octanol–water partition coefficient (Wildman–Crippen LogP) is -1.89. The van der Waals surface area contributed by atoms with Crippen molar-refractivity contribution < 1.29 is 4.84 Å². The number of rotatable bonds is 0. The first-order valence-electron chi connectivity index (χ1n) is 1.85. The quantitative estimate of drug-likeness (QED) is 0.347. The third-order valence-corrected chi connectivity index (χ3v) is 0.627. The lowest BCUT2D eigenvalue weighted by molar-refractivity contribution is 0.128. The second-order valence-electron chi connectivity index (χ2n) is 1.10. The third-order valence-electron chi connectivity index (χ3n) is 0.627. The molecule has 0 atom stereocenters. The maximum atomic E-state index is 4.69. The third kappa shape index (κ3) is 1.48. The van der Waals surface area contributed by atoms with Gasteiger partial charge in [-0.25, -0.2) is 5.39 Å². The molecule has 0 amide bonds. The van der Waals surface area contributed by atoms with Crippen LogP contribution in [0.5, 0.6) is 0 Å². The molecule has 2 nitrogen and oxygen atoms in total. The van der Waals surface area contributed by atoms with Crippen molar-refractivity contribution in [3.63, 3.8) is 0 Å². The van der Waals surface area contributed by atoms with E-state index in [0.29, 0.717) is 0 Å². The van der Waals surface area contributed by atoms with Crippen LogP contribution in [0.3, 0.4) is 0 Å². The molecule has 0 radical (unpaired) electrons. The van der Waals surface area contributed by atoms with Crippen LogP contribution in [0.1, 0.15) is 0 Å². The van der Waals surface area contributed by atoms with Crippen LogP contribution in [0.4, 0.5) is 0 Å². The summed E-state index contributed by atoms with van der Waals surface area (Å²) in [5.41, 5.74) is 0. The van der Waals surface area contributed by atoms with Gasteiger partial charge in [0.15, 0.2) is 0 Å². The van der Waals surface area contributed by atoms with Gasteiger partial charge in [0, 0.05) is 0 Å². The highest BCUT2D eigenvalue weighted by Gasteiger charge is 1.96. The summed E-state index contributed by atoms with van der Waals surface area (Å²) in [5.74, 6) is 0. The molecule has 4 heteroatoms. The van der Waals surface area contributed by atoms with Gasteiger partial charge in [0.2, 0.25) is 7.41 Å². The van der Waals surface area contributed by atoms with Crippen molar-refractivity contribution in [2.45, 2.75) is 6.32 Å². The standard InChI is InChI=1S/C2H6BNO.BH3/c1-2-5-4-3-1;/h3-4H,1-2H2;1H3. The van der Waals surface area contributed by atoms with Gasteiger partial charge in [0.1, 0.15) is 0 Å². The maximum Gasteiger partial charge on any atom is 0.236 e. The topological polar surface area (TPSA) is 21.3 Å². The van der Waals surface area contributed by atoms with Crippen LogP contribution in [0.25, 0.3) is 0 Å². The van der Waals surface area contributed by atoms with Crippen molar-refractivity contribution in [3.05, 3.63) is 0 Å². The summed E-state index contributed by atoms with van der Waals surface area (Å²) in [5, 5.41) is 2.72. The van der Waals surface area contributed by atoms with Crippen LogP contribution >= 0.6 is 0 Å². The summed E-state index contributed by atoms with van der Waals surface area (Å²) in [6.07, 6.45) is 1.17. The van der Waals surface area contributed by atoms with E-state index in [-0.39, 0.29) is 8.41 Å². The minimum Gasteiger partial charge on any atom is -0.314 e. The molecule has 1 aliphatic rings. The first-order valence-corrected chi connectivity index (χ1v) is 1.85. The van der Waals surface area contributed by atoms with Crippen LogP contribution in [0.2, 0.25) is 6.32 Å². The molecule has 0 unspecified atom stereocenters. The Labute approximate surface area is 40.0 Å². The van der Waals surface area contributed by atoms with Crippen molar-refractivity contribution in [2.24, 2.45) is 0 Å². The normalized spacial score (nSPS) is 18.7. The Balaban J connectivity index is 0.000000250. The van der Waals surface area contributed by atoms with Gasteiger partial charge < -0.3 is 4.84 Å². The van der Waals surface area contributed by atoms with E-state index in [4.69, 9.17) is 4.84 Å². The van der Waals surface area contributed by atoms with Crippen molar-refractivity contribution in [1.82, 2.24) is 5.39 Å². The fourth-order valence-corrected chi connectivity index (χ4v) is 0.361. The molecule has 0 aliphatic carbocycles. The highest BCUT2D eigenvalue weighted by atomic mass is 16.6.